The first-order valence-electron chi connectivity index (χ1n) is 6.88. The third kappa shape index (κ3) is 5.43. The molecule has 0 fully saturated rings. The predicted molar refractivity (Wildman–Crippen MR) is 80.3 cm³/mol. The summed E-state index contributed by atoms with van der Waals surface area (Å²) in [6.07, 6.45) is -4.13. The van der Waals surface area contributed by atoms with E-state index in [1.807, 2.05) is 0 Å². The number of allylic oxidation sites excluding steroid dienone is 1. The second kappa shape index (κ2) is 6.85. The van der Waals surface area contributed by atoms with Gasteiger partial charge in [-0.3, -0.25) is 15.0 Å². The fourth-order valence-corrected chi connectivity index (χ4v) is 1.64. The second-order valence-electron chi connectivity index (χ2n) is 5.98. The number of hydrazine groups is 1. The summed E-state index contributed by atoms with van der Waals surface area (Å²) in [6.45, 7) is 5.62. The number of halogens is 3. The Hall–Kier alpha value is -2.31. The molecule has 0 saturated heterocycles. The lowest BCUT2D eigenvalue weighted by molar-refractivity contribution is -0.134. The lowest BCUT2D eigenvalue weighted by Gasteiger charge is -2.34. The van der Waals surface area contributed by atoms with Crippen LogP contribution in [-0.2, 0) is 4.79 Å². The van der Waals surface area contributed by atoms with Crippen LogP contribution in [0, 0.1) is 0 Å². The van der Waals surface area contributed by atoms with E-state index in [4.69, 9.17) is 0 Å². The number of hydrogen-bond donors (Lipinski definition) is 1. The molecule has 0 spiro atoms. The molecular formula is C16H19F3N2O2. The Balaban J connectivity index is 3.03. The van der Waals surface area contributed by atoms with Crippen LogP contribution in [-0.4, -0.2) is 28.5 Å². The molecule has 0 aliphatic carbocycles. The maximum absolute atomic E-state index is 12.6. The smallest absolute Gasteiger partial charge is 0.268 e. The van der Waals surface area contributed by atoms with E-state index in [9.17, 15) is 22.8 Å². The number of nitrogens with zero attached hydrogens (tertiary/aromatic N) is 1. The Morgan fingerprint density at radius 2 is 1.61 bits per heavy atom. The van der Waals surface area contributed by atoms with Gasteiger partial charge in [-0.2, -0.15) is 13.2 Å². The molecule has 0 radical (unpaired) electrons. The molecule has 2 amide bonds. The van der Waals surface area contributed by atoms with Crippen molar-refractivity contribution in [2.45, 2.75) is 39.4 Å². The Labute approximate surface area is 132 Å². The molecule has 1 rings (SSSR count). The molecule has 4 nitrogen and oxygen atoms in total. The number of carbonyl (C=O) groups is 2. The summed E-state index contributed by atoms with van der Waals surface area (Å²) in [5.74, 6) is -1.52. The fraction of sp³-hybridized carbons (Fsp3) is 0.375. The van der Waals surface area contributed by atoms with E-state index in [0.717, 1.165) is 11.9 Å². The molecule has 0 aromatic heterocycles. The van der Waals surface area contributed by atoms with Crippen LogP contribution in [0.2, 0.25) is 0 Å². The zero-order chi connectivity index (χ0) is 17.8. The van der Waals surface area contributed by atoms with Crippen LogP contribution in [0.3, 0.4) is 0 Å². The standard InChI is InChI=1S/C16H19F3N2O2/c1-11(16(17,18)19)10-13(22)21(15(2,3)4)20-14(23)12-8-6-5-7-9-12/h5-10H,1-4H3,(H,20,23)/b11-10-. The number of carbonyl (C=O) groups excluding carboxylic acids is 2. The van der Waals surface area contributed by atoms with Gasteiger partial charge in [-0.1, -0.05) is 18.2 Å². The van der Waals surface area contributed by atoms with Crippen molar-refractivity contribution in [3.05, 3.63) is 47.5 Å². The maximum Gasteiger partial charge on any atom is 0.412 e. The summed E-state index contributed by atoms with van der Waals surface area (Å²) in [4.78, 5) is 24.3. The number of rotatable bonds is 2. The van der Waals surface area contributed by atoms with Gasteiger partial charge in [0.15, 0.2) is 0 Å². The lowest BCUT2D eigenvalue weighted by Crippen LogP contribution is -2.55. The molecule has 0 bridgehead atoms. The van der Waals surface area contributed by atoms with Crippen molar-refractivity contribution < 1.29 is 22.8 Å². The zero-order valence-electron chi connectivity index (χ0n) is 13.4. The van der Waals surface area contributed by atoms with Crippen molar-refractivity contribution in [2.75, 3.05) is 0 Å². The van der Waals surface area contributed by atoms with E-state index in [1.165, 1.54) is 12.1 Å². The molecule has 1 aromatic rings. The molecule has 0 atom stereocenters. The van der Waals surface area contributed by atoms with Gasteiger partial charge in [-0.05, 0) is 39.8 Å². The average Bonchev–Trinajstić information content (AvgIpc) is 2.42. The molecule has 0 saturated carbocycles. The van der Waals surface area contributed by atoms with Gasteiger partial charge >= 0.3 is 6.18 Å². The first kappa shape index (κ1) is 18.7. The van der Waals surface area contributed by atoms with Crippen LogP contribution in [0.15, 0.2) is 42.0 Å². The first-order chi connectivity index (χ1) is 10.4. The average molecular weight is 328 g/mol. The van der Waals surface area contributed by atoms with E-state index in [0.29, 0.717) is 11.6 Å². The molecule has 1 aromatic carbocycles. The van der Waals surface area contributed by atoms with Gasteiger partial charge in [-0.25, -0.2) is 5.01 Å². The van der Waals surface area contributed by atoms with Crippen molar-refractivity contribution in [3.63, 3.8) is 0 Å². The van der Waals surface area contributed by atoms with Crippen LogP contribution in [0.25, 0.3) is 0 Å². The Morgan fingerprint density at radius 3 is 2.04 bits per heavy atom. The van der Waals surface area contributed by atoms with Crippen LogP contribution in [0.1, 0.15) is 38.1 Å². The van der Waals surface area contributed by atoms with E-state index in [2.05, 4.69) is 5.43 Å². The van der Waals surface area contributed by atoms with Crippen LogP contribution in [0.4, 0.5) is 13.2 Å². The third-order valence-corrected chi connectivity index (χ3v) is 2.93. The van der Waals surface area contributed by atoms with E-state index in [-0.39, 0.29) is 0 Å². The Kier molecular flexibility index (Phi) is 5.58. The molecule has 0 unspecified atom stereocenters. The predicted octanol–water partition coefficient (Wildman–Crippen LogP) is 3.47. The lowest BCUT2D eigenvalue weighted by atomic mass is 10.1. The maximum atomic E-state index is 12.6. The van der Waals surface area contributed by atoms with Crippen molar-refractivity contribution in [1.29, 1.82) is 0 Å². The summed E-state index contributed by atoms with van der Waals surface area (Å²) >= 11 is 0. The minimum absolute atomic E-state index is 0.297. The molecule has 7 heteroatoms. The van der Waals surface area contributed by atoms with Gasteiger partial charge in [0.25, 0.3) is 11.8 Å². The third-order valence-electron chi connectivity index (χ3n) is 2.93. The Bertz CT molecular complexity index is 602. The van der Waals surface area contributed by atoms with Crippen molar-refractivity contribution >= 4 is 11.8 Å². The van der Waals surface area contributed by atoms with Crippen molar-refractivity contribution in [2.24, 2.45) is 0 Å². The molecular weight excluding hydrogens is 309 g/mol. The normalized spacial score (nSPS) is 12.7. The molecule has 23 heavy (non-hydrogen) atoms. The van der Waals surface area contributed by atoms with Crippen LogP contribution < -0.4 is 5.43 Å². The summed E-state index contributed by atoms with van der Waals surface area (Å²) in [5.41, 5.74) is 0.725. The molecule has 1 N–H and O–H groups in total. The molecule has 0 aliphatic heterocycles. The van der Waals surface area contributed by atoms with E-state index >= 15 is 0 Å². The summed E-state index contributed by atoms with van der Waals surface area (Å²) in [5, 5.41) is 0.886. The molecule has 126 valence electrons. The zero-order valence-corrected chi connectivity index (χ0v) is 13.4. The number of alkyl halides is 3. The van der Waals surface area contributed by atoms with E-state index < -0.39 is 29.1 Å². The highest BCUT2D eigenvalue weighted by Crippen LogP contribution is 2.25. The molecule has 0 heterocycles. The second-order valence-corrected chi connectivity index (χ2v) is 5.98. The van der Waals surface area contributed by atoms with Gasteiger partial charge in [-0.15, -0.1) is 0 Å². The van der Waals surface area contributed by atoms with Crippen LogP contribution in [0.5, 0.6) is 0 Å². The fourth-order valence-electron chi connectivity index (χ4n) is 1.64. The van der Waals surface area contributed by atoms with Gasteiger partial charge in [0.1, 0.15) is 0 Å². The van der Waals surface area contributed by atoms with Crippen molar-refractivity contribution in [3.8, 4) is 0 Å². The van der Waals surface area contributed by atoms with Gasteiger partial charge in [0.2, 0.25) is 0 Å². The monoisotopic (exact) mass is 328 g/mol. The highest BCUT2D eigenvalue weighted by Gasteiger charge is 2.33. The number of amides is 2. The minimum atomic E-state index is -4.59. The van der Waals surface area contributed by atoms with Crippen LogP contribution >= 0.6 is 0 Å². The highest BCUT2D eigenvalue weighted by molar-refractivity contribution is 5.97. The number of nitrogens with one attached hydrogen (secondary N) is 1. The molecule has 0 aliphatic rings. The quantitative estimate of drug-likeness (QED) is 0.667. The van der Waals surface area contributed by atoms with Gasteiger partial charge in [0, 0.05) is 17.2 Å². The number of benzene rings is 1. The van der Waals surface area contributed by atoms with E-state index in [1.54, 1.807) is 39.0 Å². The SMILES string of the molecule is C/C(=C/C(=O)N(NC(=O)c1ccccc1)C(C)(C)C)C(F)(F)F. The highest BCUT2D eigenvalue weighted by atomic mass is 19.4. The summed E-state index contributed by atoms with van der Waals surface area (Å²) < 4.78 is 37.7. The summed E-state index contributed by atoms with van der Waals surface area (Å²) in [6, 6.07) is 8.09. The number of hydrogen-bond acceptors (Lipinski definition) is 2. The largest absolute Gasteiger partial charge is 0.412 e. The summed E-state index contributed by atoms with van der Waals surface area (Å²) in [7, 11) is 0. The van der Waals surface area contributed by atoms with Gasteiger partial charge < -0.3 is 0 Å². The van der Waals surface area contributed by atoms with Crippen molar-refractivity contribution in [1.82, 2.24) is 10.4 Å². The van der Waals surface area contributed by atoms with Gasteiger partial charge in [0.05, 0.1) is 5.54 Å². The first-order valence-corrected chi connectivity index (χ1v) is 6.88. The topological polar surface area (TPSA) is 49.4 Å². The minimum Gasteiger partial charge on any atom is -0.268 e. The Morgan fingerprint density at radius 1 is 1.09 bits per heavy atom.